The van der Waals surface area contributed by atoms with Crippen molar-refractivity contribution in [3.8, 4) is 11.5 Å². The molecule has 2 aromatic rings. The predicted octanol–water partition coefficient (Wildman–Crippen LogP) is 2.25. The van der Waals surface area contributed by atoms with Gasteiger partial charge in [-0.05, 0) is 24.1 Å². The van der Waals surface area contributed by atoms with Gasteiger partial charge in [0.25, 0.3) is 0 Å². The molecule has 0 atom stereocenters. The quantitative estimate of drug-likeness (QED) is 0.756. The molecule has 0 radical (unpaired) electrons. The summed E-state index contributed by atoms with van der Waals surface area (Å²) in [5, 5.41) is 19.4. The molecule has 0 spiro atoms. The summed E-state index contributed by atoms with van der Waals surface area (Å²) < 4.78 is 0. The number of nitrogens with two attached hydrogens (primary N) is 1. The minimum Gasteiger partial charge on any atom is -0.504 e. The summed E-state index contributed by atoms with van der Waals surface area (Å²) in [4.78, 5) is 8.08. The molecule has 1 aliphatic heterocycles. The van der Waals surface area contributed by atoms with Crippen molar-refractivity contribution in [1.82, 2.24) is 9.88 Å². The number of aromatic nitrogens is 1. The lowest BCUT2D eigenvalue weighted by atomic mass is 10.2. The Balaban J connectivity index is 1.57. The molecule has 0 aliphatic carbocycles. The van der Waals surface area contributed by atoms with Crippen molar-refractivity contribution in [2.45, 2.75) is 12.8 Å². The van der Waals surface area contributed by atoms with Crippen LogP contribution in [0.15, 0.2) is 24.3 Å². The predicted molar refractivity (Wildman–Crippen MR) is 89.2 cm³/mol. The van der Waals surface area contributed by atoms with Gasteiger partial charge in [-0.25, -0.2) is 4.98 Å². The highest BCUT2D eigenvalue weighted by Crippen LogP contribution is 2.26. The van der Waals surface area contributed by atoms with E-state index in [4.69, 9.17) is 5.73 Å². The van der Waals surface area contributed by atoms with Gasteiger partial charge in [-0.1, -0.05) is 18.2 Å². The molecule has 2 heterocycles. The van der Waals surface area contributed by atoms with E-state index in [0.29, 0.717) is 5.13 Å². The molecule has 22 heavy (non-hydrogen) atoms. The Hall–Kier alpha value is -2.05. The maximum absolute atomic E-state index is 9.47. The summed E-state index contributed by atoms with van der Waals surface area (Å²) >= 11 is 1.60. The van der Waals surface area contributed by atoms with E-state index in [0.717, 1.165) is 43.7 Å². The van der Waals surface area contributed by atoms with Crippen molar-refractivity contribution < 1.29 is 10.2 Å². The fraction of sp³-hybridized carbons (Fsp3) is 0.312. The van der Waals surface area contributed by atoms with Crippen LogP contribution >= 0.6 is 11.3 Å². The topological polar surface area (TPSA) is 82.6 Å². The zero-order valence-corrected chi connectivity index (χ0v) is 13.0. The Labute approximate surface area is 133 Å². The lowest BCUT2D eigenvalue weighted by molar-refractivity contribution is 0.318. The van der Waals surface area contributed by atoms with E-state index in [2.05, 4.69) is 16.0 Å². The standard InChI is InChI=1S/C16H19N3O2S/c17-16-18-12-5-8-19(9-6-15(12)22-16)7-1-2-11-3-4-13(20)14(21)10-11/h1-4,10,20-21H,5-9H2,(H2,17,18). The lowest BCUT2D eigenvalue weighted by Crippen LogP contribution is -2.26. The van der Waals surface area contributed by atoms with Crippen LogP contribution in [0.4, 0.5) is 5.13 Å². The van der Waals surface area contributed by atoms with Crippen LogP contribution in [-0.2, 0) is 12.8 Å². The number of anilines is 1. The van der Waals surface area contributed by atoms with E-state index in [1.54, 1.807) is 23.5 Å². The number of nitrogens with zero attached hydrogens (tertiary/aromatic N) is 2. The van der Waals surface area contributed by atoms with Gasteiger partial charge in [0.15, 0.2) is 16.6 Å². The van der Waals surface area contributed by atoms with Gasteiger partial charge in [-0.2, -0.15) is 0 Å². The Morgan fingerprint density at radius 2 is 2.05 bits per heavy atom. The number of phenolic OH excluding ortho intramolecular Hbond substituents is 2. The summed E-state index contributed by atoms with van der Waals surface area (Å²) in [5.74, 6) is -0.187. The minimum absolute atomic E-state index is 0.0926. The Bertz CT molecular complexity index is 671. The Morgan fingerprint density at radius 3 is 2.86 bits per heavy atom. The first-order chi connectivity index (χ1) is 10.6. The van der Waals surface area contributed by atoms with Gasteiger partial charge in [0.1, 0.15) is 0 Å². The van der Waals surface area contributed by atoms with E-state index >= 15 is 0 Å². The van der Waals surface area contributed by atoms with Crippen LogP contribution in [0.2, 0.25) is 0 Å². The molecule has 116 valence electrons. The van der Waals surface area contributed by atoms with Crippen LogP contribution in [0.25, 0.3) is 6.08 Å². The van der Waals surface area contributed by atoms with E-state index in [1.807, 2.05) is 6.08 Å². The second kappa shape index (κ2) is 6.37. The molecule has 3 rings (SSSR count). The van der Waals surface area contributed by atoms with Crippen molar-refractivity contribution in [3.63, 3.8) is 0 Å². The summed E-state index contributed by atoms with van der Waals surface area (Å²) in [6.45, 7) is 2.83. The number of hydrogen-bond acceptors (Lipinski definition) is 6. The number of nitrogen functional groups attached to an aromatic ring is 1. The molecule has 1 aromatic carbocycles. The van der Waals surface area contributed by atoms with E-state index in [-0.39, 0.29) is 11.5 Å². The van der Waals surface area contributed by atoms with E-state index in [1.165, 1.54) is 10.9 Å². The van der Waals surface area contributed by atoms with Crippen LogP contribution in [0.3, 0.4) is 0 Å². The van der Waals surface area contributed by atoms with Gasteiger partial charge in [-0.3, -0.25) is 4.90 Å². The molecular formula is C16H19N3O2S. The van der Waals surface area contributed by atoms with Crippen molar-refractivity contribution >= 4 is 22.5 Å². The summed E-state index contributed by atoms with van der Waals surface area (Å²) in [6, 6.07) is 4.83. The van der Waals surface area contributed by atoms with Crippen LogP contribution < -0.4 is 5.73 Å². The molecule has 4 N–H and O–H groups in total. The van der Waals surface area contributed by atoms with Crippen molar-refractivity contribution in [1.29, 1.82) is 0 Å². The highest BCUT2D eigenvalue weighted by molar-refractivity contribution is 7.15. The lowest BCUT2D eigenvalue weighted by Gasteiger charge is -2.17. The number of hydrogen-bond donors (Lipinski definition) is 3. The fourth-order valence-corrected chi connectivity index (χ4v) is 3.46. The second-order valence-corrected chi connectivity index (χ2v) is 6.49. The first-order valence-electron chi connectivity index (χ1n) is 7.27. The highest BCUT2D eigenvalue weighted by atomic mass is 32.1. The maximum Gasteiger partial charge on any atom is 0.180 e. The number of aromatic hydroxyl groups is 2. The van der Waals surface area contributed by atoms with E-state index < -0.39 is 0 Å². The summed E-state index contributed by atoms with van der Waals surface area (Å²) in [6.07, 6.45) is 5.97. The molecule has 0 amide bonds. The molecule has 0 bridgehead atoms. The smallest absolute Gasteiger partial charge is 0.180 e. The largest absolute Gasteiger partial charge is 0.504 e. The van der Waals surface area contributed by atoms with Crippen LogP contribution in [-0.4, -0.2) is 39.7 Å². The van der Waals surface area contributed by atoms with Crippen molar-refractivity contribution in [3.05, 3.63) is 40.4 Å². The van der Waals surface area contributed by atoms with Gasteiger partial charge < -0.3 is 15.9 Å². The summed E-state index contributed by atoms with van der Waals surface area (Å²) in [5.41, 5.74) is 7.78. The fourth-order valence-electron chi connectivity index (χ4n) is 2.59. The highest BCUT2D eigenvalue weighted by Gasteiger charge is 2.16. The Kier molecular flexibility index (Phi) is 4.31. The normalized spacial score (nSPS) is 15.8. The van der Waals surface area contributed by atoms with Gasteiger partial charge >= 0.3 is 0 Å². The average Bonchev–Trinajstić information content (AvgIpc) is 2.75. The number of thiazole rings is 1. The first kappa shape index (κ1) is 14.9. The first-order valence-corrected chi connectivity index (χ1v) is 8.08. The molecule has 1 aliphatic rings. The monoisotopic (exact) mass is 317 g/mol. The van der Waals surface area contributed by atoms with Crippen LogP contribution in [0, 0.1) is 0 Å². The molecule has 6 heteroatoms. The number of benzene rings is 1. The van der Waals surface area contributed by atoms with Crippen molar-refractivity contribution in [2.75, 3.05) is 25.4 Å². The third kappa shape index (κ3) is 3.40. The van der Waals surface area contributed by atoms with Crippen molar-refractivity contribution in [2.24, 2.45) is 0 Å². The SMILES string of the molecule is Nc1nc2c(s1)CCN(CC=Cc1ccc(O)c(O)c1)CC2. The van der Waals surface area contributed by atoms with Gasteiger partial charge in [0, 0.05) is 30.9 Å². The van der Waals surface area contributed by atoms with Gasteiger partial charge in [0.2, 0.25) is 0 Å². The van der Waals surface area contributed by atoms with Crippen LogP contribution in [0.5, 0.6) is 11.5 Å². The number of rotatable bonds is 3. The Morgan fingerprint density at radius 1 is 1.23 bits per heavy atom. The average molecular weight is 317 g/mol. The van der Waals surface area contributed by atoms with Gasteiger partial charge in [-0.15, -0.1) is 11.3 Å². The third-order valence-corrected chi connectivity index (χ3v) is 4.77. The van der Waals surface area contributed by atoms with Gasteiger partial charge in [0.05, 0.1) is 5.69 Å². The third-order valence-electron chi connectivity index (χ3n) is 3.79. The molecule has 1 aromatic heterocycles. The van der Waals surface area contributed by atoms with Crippen LogP contribution in [0.1, 0.15) is 16.1 Å². The minimum atomic E-state index is -0.0948. The second-order valence-electron chi connectivity index (χ2n) is 5.37. The summed E-state index contributed by atoms with van der Waals surface area (Å²) in [7, 11) is 0. The maximum atomic E-state index is 9.47. The number of fused-ring (bicyclic) bond motifs is 1. The molecule has 0 saturated heterocycles. The molecular weight excluding hydrogens is 298 g/mol. The zero-order valence-electron chi connectivity index (χ0n) is 12.2. The molecule has 5 nitrogen and oxygen atoms in total. The molecule has 0 fully saturated rings. The molecule has 0 saturated carbocycles. The zero-order chi connectivity index (χ0) is 15.5. The number of phenols is 2. The van der Waals surface area contributed by atoms with E-state index in [9.17, 15) is 10.2 Å². The molecule has 0 unspecified atom stereocenters.